The van der Waals surface area contributed by atoms with Crippen LogP contribution < -0.4 is 11.5 Å². The first-order valence-electron chi connectivity index (χ1n) is 4.12. The van der Waals surface area contributed by atoms with Crippen LogP contribution in [0.15, 0.2) is 34.7 Å². The van der Waals surface area contributed by atoms with Crippen LogP contribution in [0.4, 0.5) is 5.69 Å². The summed E-state index contributed by atoms with van der Waals surface area (Å²) in [7, 11) is 0. The first-order valence-corrected chi connectivity index (χ1v) is 5.17. The van der Waals surface area contributed by atoms with Gasteiger partial charge in [-0.15, -0.1) is 11.8 Å². The number of nitrogens with zero attached hydrogens (tertiary/aromatic N) is 1. The van der Waals surface area contributed by atoms with Crippen LogP contribution in [0.5, 0.6) is 0 Å². The zero-order valence-corrected chi connectivity index (χ0v) is 8.63. The van der Waals surface area contributed by atoms with Gasteiger partial charge in [-0.2, -0.15) is 0 Å². The molecular formula is C10H13N3S. The standard InChI is InChI=1S/C10H13N3S/c1-13-10(6-14-7-11)8-3-2-4-9(12)5-8/h2-6H,1,7,11-12H2/b10-6-. The number of nitrogen functional groups attached to an aromatic ring is 1. The Balaban J connectivity index is 2.94. The van der Waals surface area contributed by atoms with E-state index in [0.717, 1.165) is 16.9 Å². The maximum absolute atomic E-state index is 5.66. The van der Waals surface area contributed by atoms with E-state index in [0.29, 0.717) is 5.88 Å². The fourth-order valence-corrected chi connectivity index (χ4v) is 1.49. The van der Waals surface area contributed by atoms with E-state index >= 15 is 0 Å². The van der Waals surface area contributed by atoms with Gasteiger partial charge in [0.25, 0.3) is 0 Å². The van der Waals surface area contributed by atoms with Crippen molar-refractivity contribution in [3.05, 3.63) is 35.2 Å². The maximum atomic E-state index is 5.66. The average Bonchev–Trinajstić information content (AvgIpc) is 2.19. The number of rotatable bonds is 4. The average molecular weight is 207 g/mol. The highest BCUT2D eigenvalue weighted by Crippen LogP contribution is 2.20. The zero-order chi connectivity index (χ0) is 10.4. The lowest BCUT2D eigenvalue weighted by atomic mass is 10.1. The number of nitrogens with two attached hydrogens (primary N) is 2. The van der Waals surface area contributed by atoms with E-state index in [1.807, 2.05) is 29.7 Å². The van der Waals surface area contributed by atoms with Gasteiger partial charge in [-0.25, -0.2) is 0 Å². The minimum absolute atomic E-state index is 0.529. The summed E-state index contributed by atoms with van der Waals surface area (Å²) in [6.45, 7) is 3.51. The molecule has 3 nitrogen and oxygen atoms in total. The molecular weight excluding hydrogens is 194 g/mol. The Labute approximate surface area is 87.9 Å². The molecule has 4 N–H and O–H groups in total. The summed E-state index contributed by atoms with van der Waals surface area (Å²) in [6, 6.07) is 7.52. The third-order valence-electron chi connectivity index (χ3n) is 1.64. The molecule has 4 heteroatoms. The predicted molar refractivity (Wildman–Crippen MR) is 65.0 cm³/mol. The van der Waals surface area contributed by atoms with E-state index < -0.39 is 0 Å². The van der Waals surface area contributed by atoms with Crippen molar-refractivity contribution in [1.29, 1.82) is 0 Å². The molecule has 0 bridgehead atoms. The minimum Gasteiger partial charge on any atom is -0.399 e. The summed E-state index contributed by atoms with van der Waals surface area (Å²) in [5.41, 5.74) is 13.5. The third kappa shape index (κ3) is 2.90. The zero-order valence-electron chi connectivity index (χ0n) is 7.81. The Morgan fingerprint density at radius 3 is 2.93 bits per heavy atom. The lowest BCUT2D eigenvalue weighted by Gasteiger charge is -2.02. The molecule has 0 amide bonds. The fraction of sp³-hybridized carbons (Fsp3) is 0.100. The fourth-order valence-electron chi connectivity index (χ4n) is 1.02. The molecule has 0 saturated heterocycles. The molecule has 0 saturated carbocycles. The van der Waals surface area contributed by atoms with Gasteiger partial charge in [-0.3, -0.25) is 4.99 Å². The summed E-state index contributed by atoms with van der Waals surface area (Å²) in [5, 5.41) is 1.88. The predicted octanol–water partition coefficient (Wildman–Crippen LogP) is 1.92. The second-order valence-electron chi connectivity index (χ2n) is 2.62. The molecule has 0 unspecified atom stereocenters. The van der Waals surface area contributed by atoms with Gasteiger partial charge in [-0.1, -0.05) is 12.1 Å². The minimum atomic E-state index is 0.529. The number of anilines is 1. The van der Waals surface area contributed by atoms with Crippen molar-refractivity contribution in [2.75, 3.05) is 11.6 Å². The van der Waals surface area contributed by atoms with Crippen LogP contribution in [0.1, 0.15) is 5.56 Å². The number of hydrogen-bond acceptors (Lipinski definition) is 4. The van der Waals surface area contributed by atoms with Gasteiger partial charge >= 0.3 is 0 Å². The van der Waals surface area contributed by atoms with E-state index in [2.05, 4.69) is 11.7 Å². The van der Waals surface area contributed by atoms with Crippen LogP contribution in [0.25, 0.3) is 5.70 Å². The monoisotopic (exact) mass is 207 g/mol. The number of thioether (sulfide) groups is 1. The van der Waals surface area contributed by atoms with Crippen molar-refractivity contribution in [2.24, 2.45) is 10.7 Å². The van der Waals surface area contributed by atoms with Crippen LogP contribution in [-0.4, -0.2) is 12.6 Å². The topological polar surface area (TPSA) is 64.4 Å². The van der Waals surface area contributed by atoms with Gasteiger partial charge in [0.1, 0.15) is 0 Å². The van der Waals surface area contributed by atoms with Crippen molar-refractivity contribution in [3.63, 3.8) is 0 Å². The highest BCUT2D eigenvalue weighted by Gasteiger charge is 1.98. The van der Waals surface area contributed by atoms with Crippen molar-refractivity contribution >= 4 is 29.9 Å². The Bertz CT molecular complexity index is 347. The van der Waals surface area contributed by atoms with E-state index in [1.54, 1.807) is 0 Å². The second kappa shape index (κ2) is 5.47. The summed E-state index contributed by atoms with van der Waals surface area (Å²) in [6.07, 6.45) is 0. The van der Waals surface area contributed by atoms with Crippen LogP contribution >= 0.6 is 11.8 Å². The van der Waals surface area contributed by atoms with Crippen LogP contribution in [0, 0.1) is 0 Å². The van der Waals surface area contributed by atoms with E-state index in [4.69, 9.17) is 11.5 Å². The Morgan fingerprint density at radius 1 is 1.57 bits per heavy atom. The second-order valence-corrected chi connectivity index (χ2v) is 3.52. The summed E-state index contributed by atoms with van der Waals surface area (Å²) < 4.78 is 0. The molecule has 0 radical (unpaired) electrons. The van der Waals surface area contributed by atoms with Crippen molar-refractivity contribution in [3.8, 4) is 0 Å². The molecule has 1 rings (SSSR count). The highest BCUT2D eigenvalue weighted by atomic mass is 32.2. The number of benzene rings is 1. The third-order valence-corrected chi connectivity index (χ3v) is 2.23. The van der Waals surface area contributed by atoms with Gasteiger partial charge in [-0.05, 0) is 24.3 Å². The van der Waals surface area contributed by atoms with E-state index in [9.17, 15) is 0 Å². The molecule has 0 fully saturated rings. The van der Waals surface area contributed by atoms with E-state index in [-0.39, 0.29) is 0 Å². The quantitative estimate of drug-likeness (QED) is 0.450. The maximum Gasteiger partial charge on any atom is 0.0758 e. The van der Waals surface area contributed by atoms with Crippen molar-refractivity contribution in [2.45, 2.75) is 0 Å². The molecule has 0 aromatic heterocycles. The molecule has 0 aliphatic rings. The molecule has 0 atom stereocenters. The van der Waals surface area contributed by atoms with Gasteiger partial charge in [0.2, 0.25) is 0 Å². The number of aliphatic imine (C=N–C) groups is 1. The molecule has 0 heterocycles. The molecule has 14 heavy (non-hydrogen) atoms. The largest absolute Gasteiger partial charge is 0.399 e. The normalized spacial score (nSPS) is 11.4. The number of hydrogen-bond donors (Lipinski definition) is 2. The molecule has 1 aromatic rings. The SMILES string of the molecule is C=N/C(=C\SCN)c1cccc(N)c1. The molecule has 74 valence electrons. The van der Waals surface area contributed by atoms with Crippen LogP contribution in [0.3, 0.4) is 0 Å². The Hall–Kier alpha value is -1.26. The molecule has 0 spiro atoms. The Kier molecular flexibility index (Phi) is 4.22. The van der Waals surface area contributed by atoms with Gasteiger partial charge in [0.15, 0.2) is 0 Å². The van der Waals surface area contributed by atoms with E-state index in [1.165, 1.54) is 11.8 Å². The van der Waals surface area contributed by atoms with Crippen molar-refractivity contribution < 1.29 is 0 Å². The Morgan fingerprint density at radius 2 is 2.36 bits per heavy atom. The van der Waals surface area contributed by atoms with Gasteiger partial charge in [0, 0.05) is 17.1 Å². The highest BCUT2D eigenvalue weighted by molar-refractivity contribution is 8.02. The smallest absolute Gasteiger partial charge is 0.0758 e. The van der Waals surface area contributed by atoms with Gasteiger partial charge < -0.3 is 11.5 Å². The first-order chi connectivity index (χ1) is 6.77. The first kappa shape index (κ1) is 10.8. The summed E-state index contributed by atoms with van der Waals surface area (Å²) in [4.78, 5) is 3.92. The summed E-state index contributed by atoms with van der Waals surface area (Å²) >= 11 is 1.48. The van der Waals surface area contributed by atoms with Gasteiger partial charge in [0.05, 0.1) is 5.70 Å². The molecule has 0 aliphatic carbocycles. The van der Waals surface area contributed by atoms with Crippen LogP contribution in [0.2, 0.25) is 0 Å². The molecule has 1 aromatic carbocycles. The lowest BCUT2D eigenvalue weighted by molar-refractivity contribution is 1.41. The lowest BCUT2D eigenvalue weighted by Crippen LogP contribution is -1.90. The summed E-state index contributed by atoms with van der Waals surface area (Å²) in [5.74, 6) is 0.529. The van der Waals surface area contributed by atoms with Crippen LogP contribution in [-0.2, 0) is 0 Å². The van der Waals surface area contributed by atoms with Crippen molar-refractivity contribution in [1.82, 2.24) is 0 Å². The molecule has 0 aliphatic heterocycles.